The van der Waals surface area contributed by atoms with Gasteiger partial charge in [0.2, 0.25) is 0 Å². The van der Waals surface area contributed by atoms with E-state index in [-0.39, 0.29) is 0 Å². The van der Waals surface area contributed by atoms with Gasteiger partial charge in [-0.15, -0.1) is 11.3 Å². The molecule has 0 atom stereocenters. The Kier molecular flexibility index (Phi) is 4.36. The zero-order valence-corrected chi connectivity index (χ0v) is 15.6. The smallest absolute Gasteiger partial charge is 0.146 e. The molecule has 6 heteroatoms. The van der Waals surface area contributed by atoms with E-state index in [1.165, 1.54) is 54.6 Å². The molecular weight excluding hydrogens is 332 g/mol. The van der Waals surface area contributed by atoms with Crippen LogP contribution in [0.3, 0.4) is 0 Å². The Morgan fingerprint density at radius 1 is 0.920 bits per heavy atom. The van der Waals surface area contributed by atoms with E-state index in [9.17, 15) is 0 Å². The van der Waals surface area contributed by atoms with Crippen LogP contribution in [0.25, 0.3) is 10.2 Å². The molecule has 0 radical (unpaired) electrons. The van der Waals surface area contributed by atoms with Crippen LogP contribution in [-0.2, 0) is 24.1 Å². The molecule has 5 nitrogen and oxygen atoms in total. The first kappa shape index (κ1) is 16.0. The van der Waals surface area contributed by atoms with Gasteiger partial charge in [-0.25, -0.2) is 9.97 Å². The first-order chi connectivity index (χ1) is 12.4. The summed E-state index contributed by atoms with van der Waals surface area (Å²) in [4.78, 5) is 17.8. The fourth-order valence-corrected chi connectivity index (χ4v) is 5.64. The monoisotopic (exact) mass is 358 g/mol. The fourth-order valence-electron chi connectivity index (χ4n) is 4.37. The highest BCUT2D eigenvalue weighted by atomic mass is 32.1. The van der Waals surface area contributed by atoms with E-state index in [0.717, 1.165) is 51.8 Å². The van der Waals surface area contributed by atoms with Crippen LogP contribution in [0.15, 0.2) is 0 Å². The first-order valence-corrected chi connectivity index (χ1v) is 10.6. The van der Waals surface area contributed by atoms with Crippen molar-refractivity contribution in [1.29, 1.82) is 0 Å². The Labute approximate surface area is 153 Å². The number of anilines is 1. The van der Waals surface area contributed by atoms with Gasteiger partial charge in [-0.3, -0.25) is 4.90 Å². The van der Waals surface area contributed by atoms with Gasteiger partial charge >= 0.3 is 0 Å². The number of aromatic nitrogens is 2. The molecule has 0 aromatic carbocycles. The molecular formula is C19H26N4OS. The molecule has 0 amide bonds. The minimum absolute atomic E-state index is 0.828. The summed E-state index contributed by atoms with van der Waals surface area (Å²) in [5.74, 6) is 2.22. The van der Waals surface area contributed by atoms with Crippen molar-refractivity contribution in [3.05, 3.63) is 16.3 Å². The van der Waals surface area contributed by atoms with Gasteiger partial charge in [0.15, 0.2) is 0 Å². The summed E-state index contributed by atoms with van der Waals surface area (Å²) < 4.78 is 5.48. The topological polar surface area (TPSA) is 41.5 Å². The van der Waals surface area contributed by atoms with Gasteiger partial charge in [0.1, 0.15) is 16.5 Å². The highest BCUT2D eigenvalue weighted by Crippen LogP contribution is 2.40. The predicted molar refractivity (Wildman–Crippen MR) is 102 cm³/mol. The molecule has 2 saturated heterocycles. The quantitative estimate of drug-likeness (QED) is 0.844. The molecule has 5 rings (SSSR count). The zero-order valence-electron chi connectivity index (χ0n) is 14.8. The molecule has 0 spiro atoms. The molecule has 0 N–H and O–H groups in total. The third-order valence-electron chi connectivity index (χ3n) is 5.72. The van der Waals surface area contributed by atoms with Gasteiger partial charge < -0.3 is 9.64 Å². The Bertz CT molecular complexity index is 762. The van der Waals surface area contributed by atoms with Crippen LogP contribution in [0.1, 0.15) is 41.9 Å². The van der Waals surface area contributed by atoms with Crippen molar-refractivity contribution < 1.29 is 4.74 Å². The van der Waals surface area contributed by atoms with Crippen LogP contribution in [-0.4, -0.2) is 54.3 Å². The molecule has 0 saturated carbocycles. The molecule has 2 aliphatic heterocycles. The first-order valence-electron chi connectivity index (χ1n) is 9.75. The van der Waals surface area contributed by atoms with Crippen molar-refractivity contribution in [3.8, 4) is 0 Å². The van der Waals surface area contributed by atoms with Gasteiger partial charge in [0.25, 0.3) is 0 Å². The van der Waals surface area contributed by atoms with Crippen LogP contribution >= 0.6 is 11.3 Å². The van der Waals surface area contributed by atoms with Crippen molar-refractivity contribution in [2.75, 3.05) is 44.3 Å². The Balaban J connectivity index is 1.57. The molecule has 0 unspecified atom stereocenters. The summed E-state index contributed by atoms with van der Waals surface area (Å²) in [6.07, 6.45) is 7.66. The minimum Gasteiger partial charge on any atom is -0.379 e. The van der Waals surface area contributed by atoms with Crippen LogP contribution in [0.5, 0.6) is 0 Å². The van der Waals surface area contributed by atoms with Crippen molar-refractivity contribution in [2.45, 2.75) is 45.1 Å². The average Bonchev–Trinajstić information content (AvgIpc) is 3.29. The molecule has 2 aromatic heterocycles. The lowest BCUT2D eigenvalue weighted by Crippen LogP contribution is -2.36. The molecule has 1 aliphatic carbocycles. The molecule has 25 heavy (non-hydrogen) atoms. The number of hydrogen-bond donors (Lipinski definition) is 0. The van der Waals surface area contributed by atoms with E-state index in [2.05, 4.69) is 9.80 Å². The molecule has 134 valence electrons. The number of hydrogen-bond acceptors (Lipinski definition) is 6. The maximum Gasteiger partial charge on any atom is 0.146 e. The van der Waals surface area contributed by atoms with Crippen LogP contribution in [0.2, 0.25) is 0 Å². The molecule has 3 aliphatic rings. The van der Waals surface area contributed by atoms with Crippen LogP contribution < -0.4 is 4.90 Å². The van der Waals surface area contributed by atoms with Crippen molar-refractivity contribution in [3.63, 3.8) is 0 Å². The van der Waals surface area contributed by atoms with Gasteiger partial charge in [0.05, 0.1) is 25.1 Å². The van der Waals surface area contributed by atoms with E-state index < -0.39 is 0 Å². The highest BCUT2D eigenvalue weighted by molar-refractivity contribution is 7.19. The third-order valence-corrected chi connectivity index (χ3v) is 6.90. The Morgan fingerprint density at radius 3 is 2.56 bits per heavy atom. The lowest BCUT2D eigenvalue weighted by Gasteiger charge is -2.26. The summed E-state index contributed by atoms with van der Waals surface area (Å²) in [5.41, 5.74) is 1.56. The zero-order chi connectivity index (χ0) is 16.6. The standard InChI is InChI=1S/C19H26N4OS/c1-2-6-15-14(5-1)17-18(23-7-3-4-8-23)20-16(21-19(17)25-15)13-22-9-11-24-12-10-22/h1-13H2. The van der Waals surface area contributed by atoms with E-state index in [0.29, 0.717) is 0 Å². The van der Waals surface area contributed by atoms with Gasteiger partial charge in [-0.05, 0) is 44.1 Å². The number of aryl methyl sites for hydroxylation is 2. The van der Waals surface area contributed by atoms with E-state index in [4.69, 9.17) is 14.7 Å². The predicted octanol–water partition coefficient (Wildman–Crippen LogP) is 3.00. The molecule has 4 heterocycles. The van der Waals surface area contributed by atoms with Crippen LogP contribution in [0, 0.1) is 0 Å². The van der Waals surface area contributed by atoms with E-state index >= 15 is 0 Å². The number of fused-ring (bicyclic) bond motifs is 3. The van der Waals surface area contributed by atoms with E-state index in [1.807, 2.05) is 11.3 Å². The third kappa shape index (κ3) is 3.04. The summed E-state index contributed by atoms with van der Waals surface area (Å²) in [6.45, 7) is 6.77. The number of thiophene rings is 1. The van der Waals surface area contributed by atoms with Gasteiger partial charge in [-0.2, -0.15) is 0 Å². The maximum atomic E-state index is 5.48. The summed E-state index contributed by atoms with van der Waals surface area (Å²) in [5, 5.41) is 1.38. The number of rotatable bonds is 3. The second kappa shape index (κ2) is 6.82. The number of ether oxygens (including phenoxy) is 1. The van der Waals surface area contributed by atoms with Gasteiger partial charge in [-0.1, -0.05) is 0 Å². The SMILES string of the molecule is C1CCc2c(sc3nc(CN4CCOCC4)nc(N4CCCC4)c23)C1. The highest BCUT2D eigenvalue weighted by Gasteiger charge is 2.25. The number of morpholine rings is 1. The second-order valence-corrected chi connectivity index (χ2v) is 8.52. The molecule has 2 fully saturated rings. The van der Waals surface area contributed by atoms with Crippen LogP contribution in [0.4, 0.5) is 5.82 Å². The normalized spacial score (nSPS) is 21.8. The van der Waals surface area contributed by atoms with Crippen molar-refractivity contribution in [2.24, 2.45) is 0 Å². The second-order valence-electron chi connectivity index (χ2n) is 7.44. The lowest BCUT2D eigenvalue weighted by molar-refractivity contribution is 0.0331. The fraction of sp³-hybridized carbons (Fsp3) is 0.684. The summed E-state index contributed by atoms with van der Waals surface area (Å²) >= 11 is 1.93. The molecule has 2 aromatic rings. The van der Waals surface area contributed by atoms with Crippen molar-refractivity contribution in [1.82, 2.24) is 14.9 Å². The Hall–Kier alpha value is -1.24. The minimum atomic E-state index is 0.828. The summed E-state index contributed by atoms with van der Waals surface area (Å²) in [6, 6.07) is 0. The number of nitrogens with zero attached hydrogens (tertiary/aromatic N) is 4. The maximum absolute atomic E-state index is 5.48. The van der Waals surface area contributed by atoms with E-state index in [1.54, 1.807) is 10.4 Å². The Morgan fingerprint density at radius 2 is 1.72 bits per heavy atom. The molecule has 0 bridgehead atoms. The largest absolute Gasteiger partial charge is 0.379 e. The summed E-state index contributed by atoms with van der Waals surface area (Å²) in [7, 11) is 0. The lowest BCUT2D eigenvalue weighted by atomic mass is 9.97. The van der Waals surface area contributed by atoms with Gasteiger partial charge in [0, 0.05) is 31.1 Å². The average molecular weight is 359 g/mol. The van der Waals surface area contributed by atoms with Crippen molar-refractivity contribution >= 4 is 27.4 Å².